The normalized spacial score (nSPS) is 13.8. The van der Waals surface area contributed by atoms with Gasteiger partial charge in [-0.1, -0.05) is 40.5 Å². The SMILES string of the molecule is NCc1noc(-c2ccc([C@@H](O)[C@@H](CF)NC(=O)C(Cl)Cl)cc2)n1. The van der Waals surface area contributed by atoms with Gasteiger partial charge in [0.1, 0.15) is 12.8 Å². The van der Waals surface area contributed by atoms with E-state index in [0.717, 1.165) is 0 Å². The second kappa shape index (κ2) is 8.39. The van der Waals surface area contributed by atoms with Gasteiger partial charge in [-0.2, -0.15) is 4.98 Å². The lowest BCUT2D eigenvalue weighted by atomic mass is 10.0. The first-order valence-electron chi connectivity index (χ1n) is 6.91. The van der Waals surface area contributed by atoms with Crippen LogP contribution in [0.2, 0.25) is 0 Å². The van der Waals surface area contributed by atoms with Gasteiger partial charge in [0.2, 0.25) is 0 Å². The monoisotopic (exact) mass is 376 g/mol. The van der Waals surface area contributed by atoms with Crippen molar-refractivity contribution in [3.8, 4) is 11.5 Å². The molecule has 0 bridgehead atoms. The number of benzene rings is 1. The topological polar surface area (TPSA) is 114 Å². The molecule has 0 aliphatic rings. The number of aliphatic hydroxyl groups excluding tert-OH is 1. The van der Waals surface area contributed by atoms with Crippen molar-refractivity contribution in [3.63, 3.8) is 0 Å². The van der Waals surface area contributed by atoms with Crippen molar-refractivity contribution in [3.05, 3.63) is 35.7 Å². The van der Waals surface area contributed by atoms with E-state index in [9.17, 15) is 14.3 Å². The number of hydrogen-bond acceptors (Lipinski definition) is 6. The fraction of sp³-hybridized carbons (Fsp3) is 0.357. The van der Waals surface area contributed by atoms with Crippen LogP contribution in [0, 0.1) is 0 Å². The summed E-state index contributed by atoms with van der Waals surface area (Å²) in [5, 5.41) is 16.1. The molecule has 0 radical (unpaired) electrons. The first-order valence-corrected chi connectivity index (χ1v) is 7.79. The van der Waals surface area contributed by atoms with Crippen molar-refractivity contribution in [2.24, 2.45) is 5.73 Å². The average molecular weight is 377 g/mol. The maximum Gasteiger partial charge on any atom is 0.257 e. The van der Waals surface area contributed by atoms with Gasteiger partial charge in [0, 0.05) is 5.56 Å². The van der Waals surface area contributed by atoms with E-state index < -0.39 is 29.6 Å². The molecule has 2 aromatic rings. The van der Waals surface area contributed by atoms with Gasteiger partial charge < -0.3 is 20.7 Å². The second-order valence-corrected chi connectivity index (χ2v) is 5.95. The van der Waals surface area contributed by atoms with Crippen molar-refractivity contribution >= 4 is 29.1 Å². The number of alkyl halides is 3. The summed E-state index contributed by atoms with van der Waals surface area (Å²) in [5.74, 6) is -0.137. The number of nitrogens with two attached hydrogens (primary N) is 1. The zero-order valence-corrected chi connectivity index (χ0v) is 13.8. The predicted molar refractivity (Wildman–Crippen MR) is 86.0 cm³/mol. The Hall–Kier alpha value is -1.74. The van der Waals surface area contributed by atoms with E-state index in [-0.39, 0.29) is 12.4 Å². The Kier molecular flexibility index (Phi) is 6.50. The van der Waals surface area contributed by atoms with E-state index in [0.29, 0.717) is 17.0 Å². The molecule has 2 rings (SSSR count). The molecule has 0 spiro atoms. The Balaban J connectivity index is 2.12. The van der Waals surface area contributed by atoms with Gasteiger partial charge in [0.15, 0.2) is 10.7 Å². The number of amides is 1. The van der Waals surface area contributed by atoms with Crippen LogP contribution in [0.3, 0.4) is 0 Å². The number of carbonyl (C=O) groups excluding carboxylic acids is 1. The Morgan fingerprint density at radius 2 is 2.04 bits per heavy atom. The second-order valence-electron chi connectivity index (χ2n) is 4.86. The summed E-state index contributed by atoms with van der Waals surface area (Å²) in [4.78, 5) is 14.2. The van der Waals surface area contributed by atoms with Crippen LogP contribution in [0.5, 0.6) is 0 Å². The molecule has 0 unspecified atom stereocenters. The van der Waals surface area contributed by atoms with Crippen LogP contribution in [0.1, 0.15) is 17.5 Å². The van der Waals surface area contributed by atoms with Crippen LogP contribution >= 0.6 is 23.2 Å². The molecule has 0 saturated carbocycles. The quantitative estimate of drug-likeness (QED) is 0.630. The molecule has 0 fully saturated rings. The summed E-state index contributed by atoms with van der Waals surface area (Å²) in [6.07, 6.45) is -1.28. The van der Waals surface area contributed by atoms with Crippen molar-refractivity contribution < 1.29 is 18.8 Å². The molecule has 0 aliphatic heterocycles. The Morgan fingerprint density at radius 1 is 1.38 bits per heavy atom. The van der Waals surface area contributed by atoms with Gasteiger partial charge >= 0.3 is 0 Å². The number of aliphatic hydroxyl groups is 1. The summed E-state index contributed by atoms with van der Waals surface area (Å²) in [6, 6.07) is 5.18. The van der Waals surface area contributed by atoms with Gasteiger partial charge in [-0.15, -0.1) is 0 Å². The van der Waals surface area contributed by atoms with Gasteiger partial charge in [-0.25, -0.2) is 4.39 Å². The van der Waals surface area contributed by atoms with Crippen LogP contribution in [0.25, 0.3) is 11.5 Å². The molecule has 24 heavy (non-hydrogen) atoms. The van der Waals surface area contributed by atoms with Gasteiger partial charge in [-0.05, 0) is 17.7 Å². The minimum absolute atomic E-state index is 0.153. The maximum atomic E-state index is 13.1. The van der Waals surface area contributed by atoms with E-state index in [1.807, 2.05) is 0 Å². The van der Waals surface area contributed by atoms with Crippen molar-refractivity contribution in [1.29, 1.82) is 0 Å². The number of nitrogens with zero attached hydrogens (tertiary/aromatic N) is 2. The van der Waals surface area contributed by atoms with E-state index in [2.05, 4.69) is 15.5 Å². The molecule has 130 valence electrons. The van der Waals surface area contributed by atoms with E-state index >= 15 is 0 Å². The summed E-state index contributed by atoms with van der Waals surface area (Å²) in [6.45, 7) is -0.834. The molecule has 0 aliphatic carbocycles. The zero-order chi connectivity index (χ0) is 17.7. The molecule has 2 atom stereocenters. The van der Waals surface area contributed by atoms with Gasteiger partial charge in [0.05, 0.1) is 12.6 Å². The maximum absolute atomic E-state index is 13.1. The minimum atomic E-state index is -1.34. The number of hydrogen-bond donors (Lipinski definition) is 3. The highest BCUT2D eigenvalue weighted by Crippen LogP contribution is 2.23. The molecular weight excluding hydrogens is 362 g/mol. The van der Waals surface area contributed by atoms with Crippen LogP contribution in [0.4, 0.5) is 4.39 Å². The molecule has 1 amide bonds. The zero-order valence-electron chi connectivity index (χ0n) is 12.3. The average Bonchev–Trinajstić information content (AvgIpc) is 3.08. The first-order chi connectivity index (χ1) is 11.5. The molecule has 4 N–H and O–H groups in total. The molecule has 1 aromatic heterocycles. The highest BCUT2D eigenvalue weighted by Gasteiger charge is 2.25. The number of halogens is 3. The largest absolute Gasteiger partial charge is 0.386 e. The lowest BCUT2D eigenvalue weighted by Gasteiger charge is -2.22. The number of rotatable bonds is 7. The van der Waals surface area contributed by atoms with E-state index in [1.54, 1.807) is 24.3 Å². The van der Waals surface area contributed by atoms with Crippen LogP contribution in [-0.4, -0.2) is 38.7 Å². The van der Waals surface area contributed by atoms with Crippen LogP contribution in [-0.2, 0) is 11.3 Å². The standard InChI is InChI=1S/C14H15Cl2FN4O3/c15-12(16)13(23)19-9(5-17)11(22)7-1-3-8(4-2-7)14-20-10(6-18)21-24-14/h1-4,9,11-12,22H,5-6,18H2,(H,19,23)/t9-,11-/m1/s1. The van der Waals surface area contributed by atoms with Crippen molar-refractivity contribution in [2.75, 3.05) is 6.67 Å². The number of aromatic nitrogens is 2. The third-order valence-electron chi connectivity index (χ3n) is 3.22. The van der Waals surface area contributed by atoms with Crippen molar-refractivity contribution in [2.45, 2.75) is 23.5 Å². The van der Waals surface area contributed by atoms with E-state index in [1.165, 1.54) is 0 Å². The fourth-order valence-electron chi connectivity index (χ4n) is 1.96. The summed E-state index contributed by atoms with van der Waals surface area (Å²) in [5.41, 5.74) is 6.41. The van der Waals surface area contributed by atoms with Crippen molar-refractivity contribution in [1.82, 2.24) is 15.5 Å². The Morgan fingerprint density at radius 3 is 2.54 bits per heavy atom. The molecule has 1 aromatic carbocycles. The highest BCUT2D eigenvalue weighted by atomic mass is 35.5. The Bertz CT molecular complexity index is 681. The van der Waals surface area contributed by atoms with Crippen LogP contribution in [0.15, 0.2) is 28.8 Å². The summed E-state index contributed by atoms with van der Waals surface area (Å²) in [7, 11) is 0. The lowest BCUT2D eigenvalue weighted by Crippen LogP contribution is -2.43. The van der Waals surface area contributed by atoms with E-state index in [4.69, 9.17) is 33.5 Å². The smallest absolute Gasteiger partial charge is 0.257 e. The molecule has 0 saturated heterocycles. The third kappa shape index (κ3) is 4.41. The Labute approximate surface area is 146 Å². The first kappa shape index (κ1) is 18.6. The van der Waals surface area contributed by atoms with Crippen LogP contribution < -0.4 is 11.1 Å². The summed E-state index contributed by atoms with van der Waals surface area (Å²) < 4.78 is 18.1. The lowest BCUT2D eigenvalue weighted by molar-refractivity contribution is -0.121. The van der Waals surface area contributed by atoms with Gasteiger partial charge in [0.25, 0.3) is 11.8 Å². The molecular formula is C14H15Cl2FN4O3. The highest BCUT2D eigenvalue weighted by molar-refractivity contribution is 6.53. The number of carbonyl (C=O) groups is 1. The number of nitrogens with one attached hydrogen (secondary N) is 1. The van der Waals surface area contributed by atoms with Gasteiger partial charge in [-0.3, -0.25) is 4.79 Å². The molecule has 1 heterocycles. The molecule has 7 nitrogen and oxygen atoms in total. The minimum Gasteiger partial charge on any atom is -0.386 e. The third-order valence-corrected chi connectivity index (χ3v) is 3.62. The predicted octanol–water partition coefficient (Wildman–Crippen LogP) is 1.49. The molecule has 10 heteroatoms. The fourth-order valence-corrected chi connectivity index (χ4v) is 2.08. The summed E-state index contributed by atoms with van der Waals surface area (Å²) >= 11 is 10.8.